The van der Waals surface area contributed by atoms with Gasteiger partial charge in [0.25, 0.3) is 5.56 Å². The Morgan fingerprint density at radius 2 is 1.72 bits per heavy atom. The van der Waals surface area contributed by atoms with E-state index in [9.17, 15) is 4.79 Å². The summed E-state index contributed by atoms with van der Waals surface area (Å²) in [6.45, 7) is 0.247. The van der Waals surface area contributed by atoms with Crippen LogP contribution in [0.4, 0.5) is 0 Å². The first kappa shape index (κ1) is 28.8. The van der Waals surface area contributed by atoms with E-state index in [1.165, 1.54) is 4.68 Å². The predicted octanol–water partition coefficient (Wildman–Crippen LogP) is 8.36. The first-order valence-corrected chi connectivity index (χ1v) is 14.5. The van der Waals surface area contributed by atoms with Crippen molar-refractivity contribution in [3.8, 4) is 28.8 Å². The van der Waals surface area contributed by atoms with E-state index in [1.54, 1.807) is 69.0 Å². The average molecular weight is 679 g/mol. The van der Waals surface area contributed by atoms with E-state index in [1.807, 2.05) is 30.3 Å². The fourth-order valence-electron chi connectivity index (χ4n) is 4.55. The molecule has 0 amide bonds. The highest BCUT2D eigenvalue weighted by molar-refractivity contribution is 9.10. The van der Waals surface area contributed by atoms with Gasteiger partial charge in [-0.25, -0.2) is 4.98 Å². The Balaban J connectivity index is 1.39. The maximum Gasteiger partial charge on any atom is 0.282 e. The van der Waals surface area contributed by atoms with Crippen molar-refractivity contribution in [2.24, 2.45) is 5.10 Å². The van der Waals surface area contributed by atoms with Crippen LogP contribution in [0.3, 0.4) is 0 Å². The van der Waals surface area contributed by atoms with E-state index < -0.39 is 0 Å². The van der Waals surface area contributed by atoms with Crippen molar-refractivity contribution in [1.29, 1.82) is 0 Å². The molecule has 0 bridgehead atoms. The second kappa shape index (κ2) is 12.1. The van der Waals surface area contributed by atoms with Crippen molar-refractivity contribution >= 4 is 67.2 Å². The third kappa shape index (κ3) is 5.71. The van der Waals surface area contributed by atoms with Crippen LogP contribution >= 0.6 is 39.1 Å². The van der Waals surface area contributed by atoms with Crippen LogP contribution in [0, 0.1) is 0 Å². The van der Waals surface area contributed by atoms with Gasteiger partial charge in [0.05, 0.1) is 46.8 Å². The molecule has 6 rings (SSSR count). The summed E-state index contributed by atoms with van der Waals surface area (Å²) in [6.07, 6.45) is 1.54. The third-order valence-electron chi connectivity index (χ3n) is 6.69. The minimum atomic E-state index is -0.353. The van der Waals surface area contributed by atoms with Gasteiger partial charge in [0, 0.05) is 10.0 Å². The Bertz CT molecular complexity index is 2090. The Morgan fingerprint density at radius 1 is 0.907 bits per heavy atom. The summed E-state index contributed by atoms with van der Waals surface area (Å²) in [5.74, 6) is 2.21. The maximum absolute atomic E-state index is 13.7. The Labute approximate surface area is 264 Å². The number of nitrogens with zero attached hydrogens (tertiary/aromatic N) is 3. The molecule has 0 aliphatic rings. The number of para-hydroxylation sites is 1. The van der Waals surface area contributed by atoms with E-state index in [4.69, 9.17) is 46.8 Å². The van der Waals surface area contributed by atoms with Crippen LogP contribution in [0.2, 0.25) is 10.0 Å². The molecule has 0 saturated heterocycles. The highest BCUT2D eigenvalue weighted by Gasteiger charge is 2.18. The van der Waals surface area contributed by atoms with E-state index in [-0.39, 0.29) is 18.0 Å². The van der Waals surface area contributed by atoms with Gasteiger partial charge < -0.3 is 18.6 Å². The summed E-state index contributed by atoms with van der Waals surface area (Å²) < 4.78 is 25.1. The smallest absolute Gasteiger partial charge is 0.282 e. The van der Waals surface area contributed by atoms with Gasteiger partial charge in [0.2, 0.25) is 5.82 Å². The number of hydrogen-bond acceptors (Lipinski definition) is 7. The first-order valence-electron chi connectivity index (χ1n) is 12.9. The molecule has 0 N–H and O–H groups in total. The molecule has 8 nitrogen and oxygen atoms in total. The Morgan fingerprint density at radius 3 is 2.51 bits per heavy atom. The number of hydrogen-bond donors (Lipinski definition) is 0. The van der Waals surface area contributed by atoms with E-state index in [2.05, 4.69) is 21.0 Å². The van der Waals surface area contributed by atoms with Crippen LogP contribution in [0.5, 0.6) is 17.2 Å². The van der Waals surface area contributed by atoms with Crippen LogP contribution in [0.15, 0.2) is 97.6 Å². The summed E-state index contributed by atoms with van der Waals surface area (Å²) in [4.78, 5) is 18.4. The van der Waals surface area contributed by atoms with Crippen molar-refractivity contribution in [2.75, 3.05) is 14.2 Å². The van der Waals surface area contributed by atoms with Crippen molar-refractivity contribution in [3.63, 3.8) is 0 Å². The zero-order chi connectivity index (χ0) is 30.1. The van der Waals surface area contributed by atoms with Gasteiger partial charge in [-0.15, -0.1) is 0 Å². The fourth-order valence-corrected chi connectivity index (χ4v) is 5.29. The first-order chi connectivity index (χ1) is 20.9. The van der Waals surface area contributed by atoms with Gasteiger partial charge in [-0.3, -0.25) is 4.79 Å². The molecular formula is C32H22BrCl2N3O5. The molecule has 0 saturated carbocycles. The summed E-state index contributed by atoms with van der Waals surface area (Å²) in [5.41, 5.74) is 2.24. The quantitative estimate of drug-likeness (QED) is 0.150. The molecule has 0 aliphatic heterocycles. The minimum absolute atomic E-state index is 0.239. The van der Waals surface area contributed by atoms with Crippen molar-refractivity contribution in [2.45, 2.75) is 6.61 Å². The molecular weight excluding hydrogens is 657 g/mol. The SMILES string of the molecule is COc1cc(C=Nn2c(-c3cc4c(OC)cccc4o3)nc3ccccc3c2=O)c(Br)cc1OCc1ccc(Cl)c(Cl)c1. The largest absolute Gasteiger partial charge is 0.496 e. The lowest BCUT2D eigenvalue weighted by molar-refractivity contribution is 0.284. The second-order valence-corrected chi connectivity index (χ2v) is 11.0. The van der Waals surface area contributed by atoms with Crippen molar-refractivity contribution < 1.29 is 18.6 Å². The molecule has 216 valence electrons. The highest BCUT2D eigenvalue weighted by Crippen LogP contribution is 2.35. The Hall–Kier alpha value is -4.31. The van der Waals surface area contributed by atoms with Gasteiger partial charge in [-0.05, 0) is 76.1 Å². The molecule has 11 heteroatoms. The molecule has 4 aromatic carbocycles. The fraction of sp³-hybridized carbons (Fsp3) is 0.0938. The number of halogens is 3. The van der Waals surface area contributed by atoms with Crippen molar-refractivity contribution in [1.82, 2.24) is 9.66 Å². The zero-order valence-electron chi connectivity index (χ0n) is 22.8. The molecule has 0 unspecified atom stereocenters. The normalized spacial score (nSPS) is 11.5. The van der Waals surface area contributed by atoms with E-state index in [0.29, 0.717) is 59.6 Å². The van der Waals surface area contributed by atoms with Crippen LogP contribution in [0.1, 0.15) is 11.1 Å². The van der Waals surface area contributed by atoms with Gasteiger partial charge in [0.15, 0.2) is 17.3 Å². The van der Waals surface area contributed by atoms with Crippen LogP contribution in [0.25, 0.3) is 33.5 Å². The van der Waals surface area contributed by atoms with Gasteiger partial charge >= 0.3 is 0 Å². The average Bonchev–Trinajstić information content (AvgIpc) is 3.46. The molecule has 0 atom stereocenters. The molecule has 43 heavy (non-hydrogen) atoms. The molecule has 0 aliphatic carbocycles. The molecule has 2 heterocycles. The van der Waals surface area contributed by atoms with E-state index >= 15 is 0 Å². The summed E-state index contributed by atoms with van der Waals surface area (Å²) in [5, 5.41) is 6.65. The van der Waals surface area contributed by atoms with Crippen LogP contribution < -0.4 is 19.8 Å². The molecule has 6 aromatic rings. The number of fused-ring (bicyclic) bond motifs is 2. The number of aromatic nitrogens is 2. The van der Waals surface area contributed by atoms with Gasteiger partial charge in [0.1, 0.15) is 17.9 Å². The third-order valence-corrected chi connectivity index (χ3v) is 8.11. The number of benzene rings is 4. The Kier molecular flexibility index (Phi) is 8.12. The molecule has 0 spiro atoms. The summed E-state index contributed by atoms with van der Waals surface area (Å²) in [7, 11) is 3.13. The zero-order valence-corrected chi connectivity index (χ0v) is 25.9. The minimum Gasteiger partial charge on any atom is -0.496 e. The van der Waals surface area contributed by atoms with Crippen LogP contribution in [-0.2, 0) is 6.61 Å². The number of rotatable bonds is 8. The lowest BCUT2D eigenvalue weighted by Crippen LogP contribution is -2.20. The number of ether oxygens (including phenoxy) is 3. The molecule has 0 fully saturated rings. The number of methoxy groups -OCH3 is 2. The molecule has 2 aromatic heterocycles. The molecule has 0 radical (unpaired) electrons. The van der Waals surface area contributed by atoms with Gasteiger partial charge in [-0.1, -0.05) is 47.5 Å². The lowest BCUT2D eigenvalue weighted by atomic mass is 10.2. The summed E-state index contributed by atoms with van der Waals surface area (Å²) in [6, 6.07) is 23.2. The highest BCUT2D eigenvalue weighted by atomic mass is 79.9. The monoisotopic (exact) mass is 677 g/mol. The van der Waals surface area contributed by atoms with E-state index in [0.717, 1.165) is 10.9 Å². The second-order valence-electron chi connectivity index (χ2n) is 9.36. The van der Waals surface area contributed by atoms with Gasteiger partial charge in [-0.2, -0.15) is 9.78 Å². The standard InChI is InChI=1S/C32H22BrCl2N3O5/c1-40-26-8-5-9-27-21(26)14-30(43-27)31-37-25-7-4-3-6-20(25)32(39)38(31)36-16-19-13-28(41-2)29(15-22(19)33)42-17-18-10-11-23(34)24(35)12-18/h3-16H,17H2,1-2H3. The maximum atomic E-state index is 13.7. The predicted molar refractivity (Wildman–Crippen MR) is 172 cm³/mol. The van der Waals surface area contributed by atoms with Crippen LogP contribution in [-0.4, -0.2) is 30.1 Å². The lowest BCUT2D eigenvalue weighted by Gasteiger charge is -2.13. The number of furan rings is 1. The summed E-state index contributed by atoms with van der Waals surface area (Å²) >= 11 is 15.8. The topological polar surface area (TPSA) is 88.1 Å². The van der Waals surface area contributed by atoms with Crippen molar-refractivity contribution in [3.05, 3.63) is 115 Å².